The Labute approximate surface area is 168 Å². The Kier molecular flexibility index (Phi) is 4.53. The molecule has 1 fully saturated rings. The topological polar surface area (TPSA) is 83.6 Å². The standard InChI is InChI=1S/C20H24N4O3S/c1-19(2,3)27-18(26)24-10-6-20(7-11-24)22-14-12-15(13-4-8-21-9-5-13)28-16(14)17(25)23-20/h4-5,8-9,12,22H,6-7,10-11H2,1-3H3,(H,23,25). The quantitative estimate of drug-likeness (QED) is 0.763. The van der Waals surface area contributed by atoms with E-state index in [-0.39, 0.29) is 12.0 Å². The first-order valence-electron chi connectivity index (χ1n) is 9.38. The number of hydrogen-bond acceptors (Lipinski definition) is 6. The van der Waals surface area contributed by atoms with Crippen molar-refractivity contribution in [2.75, 3.05) is 18.4 Å². The highest BCUT2D eigenvalue weighted by Gasteiger charge is 2.42. The Morgan fingerprint density at radius 3 is 2.54 bits per heavy atom. The maximum atomic E-state index is 12.7. The zero-order chi connectivity index (χ0) is 19.9. The lowest BCUT2D eigenvalue weighted by atomic mass is 9.94. The Morgan fingerprint density at radius 2 is 1.89 bits per heavy atom. The van der Waals surface area contributed by atoms with Gasteiger partial charge in [0.1, 0.15) is 16.1 Å². The van der Waals surface area contributed by atoms with Crippen LogP contribution >= 0.6 is 11.3 Å². The van der Waals surface area contributed by atoms with Gasteiger partial charge in [0, 0.05) is 43.2 Å². The van der Waals surface area contributed by atoms with Crippen molar-refractivity contribution in [1.82, 2.24) is 15.2 Å². The lowest BCUT2D eigenvalue weighted by Gasteiger charge is -2.45. The summed E-state index contributed by atoms with van der Waals surface area (Å²) in [7, 11) is 0. The van der Waals surface area contributed by atoms with Gasteiger partial charge in [0.2, 0.25) is 0 Å². The van der Waals surface area contributed by atoms with Gasteiger partial charge in [0.05, 0.1) is 5.69 Å². The summed E-state index contributed by atoms with van der Waals surface area (Å²) in [4.78, 5) is 32.5. The van der Waals surface area contributed by atoms with E-state index in [0.717, 1.165) is 16.1 Å². The van der Waals surface area contributed by atoms with Crippen molar-refractivity contribution in [1.29, 1.82) is 0 Å². The van der Waals surface area contributed by atoms with Gasteiger partial charge in [0.25, 0.3) is 5.91 Å². The third-order valence-electron chi connectivity index (χ3n) is 4.90. The summed E-state index contributed by atoms with van der Waals surface area (Å²) in [6.45, 7) is 6.63. The van der Waals surface area contributed by atoms with Gasteiger partial charge in [-0.2, -0.15) is 0 Å². The molecule has 28 heavy (non-hydrogen) atoms. The van der Waals surface area contributed by atoms with E-state index >= 15 is 0 Å². The van der Waals surface area contributed by atoms with Crippen LogP contribution in [-0.2, 0) is 4.74 Å². The second kappa shape index (κ2) is 6.77. The molecule has 4 heterocycles. The van der Waals surface area contributed by atoms with Crippen LogP contribution in [0.15, 0.2) is 30.6 Å². The fourth-order valence-electron chi connectivity index (χ4n) is 3.52. The molecule has 0 atom stereocenters. The molecule has 7 nitrogen and oxygen atoms in total. The van der Waals surface area contributed by atoms with Gasteiger partial charge in [0.15, 0.2) is 0 Å². The van der Waals surface area contributed by atoms with Gasteiger partial charge in [-0.3, -0.25) is 9.78 Å². The molecule has 1 saturated heterocycles. The number of hydrogen-bond donors (Lipinski definition) is 2. The van der Waals surface area contributed by atoms with Crippen molar-refractivity contribution >= 4 is 29.0 Å². The number of piperidine rings is 1. The highest BCUT2D eigenvalue weighted by molar-refractivity contribution is 7.18. The lowest BCUT2D eigenvalue weighted by molar-refractivity contribution is 0.0163. The van der Waals surface area contributed by atoms with E-state index in [2.05, 4.69) is 15.6 Å². The Hall–Kier alpha value is -2.61. The monoisotopic (exact) mass is 400 g/mol. The zero-order valence-electron chi connectivity index (χ0n) is 16.2. The second-order valence-electron chi connectivity index (χ2n) is 8.22. The summed E-state index contributed by atoms with van der Waals surface area (Å²) in [6, 6.07) is 5.89. The molecule has 0 bridgehead atoms. The van der Waals surface area contributed by atoms with E-state index in [0.29, 0.717) is 30.8 Å². The molecule has 0 saturated carbocycles. The molecule has 2 N–H and O–H groups in total. The molecule has 0 aromatic carbocycles. The summed E-state index contributed by atoms with van der Waals surface area (Å²) < 4.78 is 5.46. The molecule has 0 unspecified atom stereocenters. The summed E-state index contributed by atoms with van der Waals surface area (Å²) in [5.41, 5.74) is 0.849. The van der Waals surface area contributed by atoms with Gasteiger partial charge in [-0.05, 0) is 44.5 Å². The van der Waals surface area contributed by atoms with Crippen molar-refractivity contribution in [2.24, 2.45) is 0 Å². The molecular formula is C20H24N4O3S. The summed E-state index contributed by atoms with van der Waals surface area (Å²) in [5.74, 6) is -0.0650. The van der Waals surface area contributed by atoms with Gasteiger partial charge >= 0.3 is 6.09 Å². The van der Waals surface area contributed by atoms with E-state index in [1.165, 1.54) is 11.3 Å². The summed E-state index contributed by atoms with van der Waals surface area (Å²) in [5, 5.41) is 6.65. The van der Waals surface area contributed by atoms with E-state index in [1.807, 2.05) is 39.0 Å². The van der Waals surface area contributed by atoms with Crippen molar-refractivity contribution in [3.05, 3.63) is 35.5 Å². The predicted octanol–water partition coefficient (Wildman–Crippen LogP) is 3.69. The highest BCUT2D eigenvalue weighted by Crippen LogP contribution is 2.40. The van der Waals surface area contributed by atoms with Crippen LogP contribution in [0.5, 0.6) is 0 Å². The molecule has 4 rings (SSSR count). The van der Waals surface area contributed by atoms with Crippen LogP contribution in [0.4, 0.5) is 10.5 Å². The molecule has 2 aliphatic heterocycles. The molecule has 2 aromatic heterocycles. The number of nitrogens with one attached hydrogen (secondary N) is 2. The van der Waals surface area contributed by atoms with E-state index in [4.69, 9.17) is 4.74 Å². The summed E-state index contributed by atoms with van der Waals surface area (Å²) in [6.07, 6.45) is 4.43. The maximum absolute atomic E-state index is 12.7. The minimum atomic E-state index is -0.529. The van der Waals surface area contributed by atoms with Gasteiger partial charge in [-0.15, -0.1) is 11.3 Å². The molecule has 148 valence electrons. The molecule has 2 aromatic rings. The van der Waals surface area contributed by atoms with E-state index in [9.17, 15) is 9.59 Å². The van der Waals surface area contributed by atoms with Crippen molar-refractivity contribution in [3.63, 3.8) is 0 Å². The zero-order valence-corrected chi connectivity index (χ0v) is 17.1. The first-order chi connectivity index (χ1) is 13.2. The second-order valence-corrected chi connectivity index (χ2v) is 9.27. The van der Waals surface area contributed by atoms with Gasteiger partial charge < -0.3 is 20.3 Å². The summed E-state index contributed by atoms with van der Waals surface area (Å²) >= 11 is 1.47. The van der Waals surface area contributed by atoms with Gasteiger partial charge in [-0.1, -0.05) is 0 Å². The number of ether oxygens (including phenoxy) is 1. The number of amides is 2. The number of thiophene rings is 1. The molecule has 0 radical (unpaired) electrons. The number of aromatic nitrogens is 1. The van der Waals surface area contributed by atoms with Crippen LogP contribution < -0.4 is 10.6 Å². The first kappa shape index (κ1) is 18.7. The lowest BCUT2D eigenvalue weighted by Crippen LogP contribution is -2.62. The maximum Gasteiger partial charge on any atom is 0.410 e. The number of pyridine rings is 1. The molecule has 8 heteroatoms. The normalized spacial score (nSPS) is 18.2. The van der Waals surface area contributed by atoms with Gasteiger partial charge in [-0.25, -0.2) is 4.79 Å². The van der Waals surface area contributed by atoms with Crippen LogP contribution in [0, 0.1) is 0 Å². The number of anilines is 1. The average molecular weight is 401 g/mol. The Balaban J connectivity index is 1.48. The average Bonchev–Trinajstić information content (AvgIpc) is 3.06. The SMILES string of the molecule is CC(C)(C)OC(=O)N1CCC2(CC1)NC(=O)c1sc(-c3ccncc3)cc1N2. The van der Waals surface area contributed by atoms with Crippen LogP contribution in [0.25, 0.3) is 10.4 Å². The molecule has 2 amide bonds. The third kappa shape index (κ3) is 3.69. The molecule has 2 aliphatic rings. The predicted molar refractivity (Wildman–Crippen MR) is 108 cm³/mol. The smallest absolute Gasteiger partial charge is 0.410 e. The third-order valence-corrected chi connectivity index (χ3v) is 6.08. The Morgan fingerprint density at radius 1 is 1.21 bits per heavy atom. The highest BCUT2D eigenvalue weighted by atomic mass is 32.1. The number of likely N-dealkylation sites (tertiary alicyclic amines) is 1. The molecular weight excluding hydrogens is 376 g/mol. The van der Waals surface area contributed by atoms with Crippen molar-refractivity contribution in [2.45, 2.75) is 44.9 Å². The number of carbonyl (C=O) groups excluding carboxylic acids is 2. The number of rotatable bonds is 1. The number of nitrogens with zero attached hydrogens (tertiary/aromatic N) is 2. The fraction of sp³-hybridized carbons (Fsp3) is 0.450. The minimum Gasteiger partial charge on any atom is -0.444 e. The number of fused-ring (bicyclic) bond motifs is 1. The van der Waals surface area contributed by atoms with E-state index < -0.39 is 11.3 Å². The van der Waals surface area contributed by atoms with Crippen LogP contribution in [0.1, 0.15) is 43.3 Å². The largest absolute Gasteiger partial charge is 0.444 e. The molecule has 1 spiro atoms. The fourth-order valence-corrected chi connectivity index (χ4v) is 4.54. The first-order valence-corrected chi connectivity index (χ1v) is 10.2. The van der Waals surface area contributed by atoms with Crippen LogP contribution in [-0.4, -0.2) is 46.2 Å². The van der Waals surface area contributed by atoms with Crippen molar-refractivity contribution in [3.8, 4) is 10.4 Å². The van der Waals surface area contributed by atoms with Crippen LogP contribution in [0.3, 0.4) is 0 Å². The van der Waals surface area contributed by atoms with E-state index in [1.54, 1.807) is 17.3 Å². The van der Waals surface area contributed by atoms with Crippen molar-refractivity contribution < 1.29 is 14.3 Å². The molecule has 0 aliphatic carbocycles. The van der Waals surface area contributed by atoms with Crippen LogP contribution in [0.2, 0.25) is 0 Å². The number of carbonyl (C=O) groups is 2. The Bertz CT molecular complexity index is 896. The minimum absolute atomic E-state index is 0.0650.